The molecule has 10 heteroatoms. The highest BCUT2D eigenvalue weighted by Crippen LogP contribution is 2.40. The van der Waals surface area contributed by atoms with Crippen LogP contribution in [-0.2, 0) is 4.74 Å². The summed E-state index contributed by atoms with van der Waals surface area (Å²) in [7, 11) is 0. The van der Waals surface area contributed by atoms with Crippen molar-refractivity contribution in [2.24, 2.45) is 0 Å². The molecule has 1 heterocycles. The number of nitrogens with zero attached hydrogens (tertiary/aromatic N) is 2. The molecule has 0 aliphatic carbocycles. The van der Waals surface area contributed by atoms with Crippen molar-refractivity contribution in [1.29, 1.82) is 0 Å². The zero-order valence-corrected chi connectivity index (χ0v) is 18.2. The molecule has 1 amide bonds. The van der Waals surface area contributed by atoms with E-state index < -0.39 is 28.1 Å². The van der Waals surface area contributed by atoms with Crippen LogP contribution in [0.2, 0.25) is 0 Å². The van der Waals surface area contributed by atoms with E-state index in [0.717, 1.165) is 5.57 Å². The summed E-state index contributed by atoms with van der Waals surface area (Å²) in [4.78, 5) is 23.8. The Kier molecular flexibility index (Phi) is 6.85. The van der Waals surface area contributed by atoms with Crippen molar-refractivity contribution in [1.82, 2.24) is 4.90 Å². The smallest absolute Gasteiger partial charge is 0.410 e. The molecule has 0 aromatic heterocycles. The molecule has 0 radical (unpaired) electrons. The first kappa shape index (κ1) is 21.6. The Morgan fingerprint density at radius 3 is 2.56 bits per heavy atom. The molecule has 7 nitrogen and oxygen atoms in total. The number of hydrogen-bond acceptors (Lipinski definition) is 5. The number of carbonyl (C=O) groups is 1. The van der Waals surface area contributed by atoms with Gasteiger partial charge >= 0.3 is 11.8 Å². The van der Waals surface area contributed by atoms with E-state index in [2.05, 4.69) is 31.9 Å². The lowest BCUT2D eigenvalue weighted by molar-refractivity contribution is -0.388. The van der Waals surface area contributed by atoms with E-state index in [1.165, 1.54) is 6.07 Å². The molecule has 0 fully saturated rings. The highest BCUT2D eigenvalue weighted by Gasteiger charge is 2.27. The standard InChI is InChI=1S/C17H19Br2FN2O5/c1-17(2,3)27-16(23)21-6-4-10(5-7-21)9-26-15-12(19)8-11(18)14(13(15)20)22(24)25/h4,8H,5-7,9H2,1-3H3. The van der Waals surface area contributed by atoms with E-state index in [0.29, 0.717) is 19.5 Å². The summed E-state index contributed by atoms with van der Waals surface area (Å²) in [6.45, 7) is 6.28. The van der Waals surface area contributed by atoms with Gasteiger partial charge in [0.15, 0.2) is 5.75 Å². The molecule has 148 valence electrons. The third-order valence-electron chi connectivity index (χ3n) is 3.64. The fourth-order valence-corrected chi connectivity index (χ4v) is 3.73. The molecule has 0 N–H and O–H groups in total. The summed E-state index contributed by atoms with van der Waals surface area (Å²) < 4.78 is 25.5. The van der Waals surface area contributed by atoms with Crippen LogP contribution in [0.4, 0.5) is 14.9 Å². The van der Waals surface area contributed by atoms with Crippen LogP contribution < -0.4 is 4.74 Å². The van der Waals surface area contributed by atoms with Crippen molar-refractivity contribution in [3.63, 3.8) is 0 Å². The Bertz CT molecular complexity index is 793. The van der Waals surface area contributed by atoms with E-state index in [4.69, 9.17) is 9.47 Å². The Balaban J connectivity index is 2.04. The number of carbonyl (C=O) groups excluding carboxylic acids is 1. The number of hydrogen-bond donors (Lipinski definition) is 0. The lowest BCUT2D eigenvalue weighted by Gasteiger charge is -2.29. The Hall–Kier alpha value is -1.68. The van der Waals surface area contributed by atoms with Crippen molar-refractivity contribution in [2.75, 3.05) is 19.7 Å². The van der Waals surface area contributed by atoms with Crippen LogP contribution in [-0.4, -0.2) is 41.2 Å². The van der Waals surface area contributed by atoms with Crippen LogP contribution in [0.3, 0.4) is 0 Å². The van der Waals surface area contributed by atoms with Gasteiger partial charge < -0.3 is 14.4 Å². The zero-order chi connectivity index (χ0) is 20.4. The molecule has 1 aliphatic rings. The predicted octanol–water partition coefficient (Wildman–Crippen LogP) is 5.20. The number of amides is 1. The second-order valence-electron chi connectivity index (χ2n) is 6.92. The predicted molar refractivity (Wildman–Crippen MR) is 104 cm³/mol. The lowest BCUT2D eigenvalue weighted by atomic mass is 10.1. The second kappa shape index (κ2) is 8.55. The number of halogens is 3. The van der Waals surface area contributed by atoms with Crippen LogP contribution >= 0.6 is 31.9 Å². The molecule has 0 unspecified atom stereocenters. The maximum absolute atomic E-state index is 14.4. The molecule has 0 atom stereocenters. The lowest BCUT2D eigenvalue weighted by Crippen LogP contribution is -2.39. The van der Waals surface area contributed by atoms with Gasteiger partial charge in [-0.2, -0.15) is 4.39 Å². The summed E-state index contributed by atoms with van der Waals surface area (Å²) in [6, 6.07) is 1.37. The number of rotatable bonds is 4. The minimum Gasteiger partial charge on any atom is -0.485 e. The maximum atomic E-state index is 14.4. The van der Waals surface area contributed by atoms with Gasteiger partial charge in [0.2, 0.25) is 5.82 Å². The Labute approximate surface area is 172 Å². The van der Waals surface area contributed by atoms with E-state index in [1.807, 2.05) is 6.08 Å². The van der Waals surface area contributed by atoms with Crippen molar-refractivity contribution in [2.45, 2.75) is 32.8 Å². The monoisotopic (exact) mass is 508 g/mol. The number of benzene rings is 1. The van der Waals surface area contributed by atoms with Crippen molar-refractivity contribution in [3.8, 4) is 5.75 Å². The molecule has 1 aromatic carbocycles. The van der Waals surface area contributed by atoms with Gasteiger partial charge in [-0.15, -0.1) is 0 Å². The summed E-state index contributed by atoms with van der Waals surface area (Å²) in [5.74, 6) is -1.27. The summed E-state index contributed by atoms with van der Waals surface area (Å²) >= 11 is 6.13. The molecule has 0 bridgehead atoms. The fourth-order valence-electron chi connectivity index (χ4n) is 2.36. The molecule has 27 heavy (non-hydrogen) atoms. The van der Waals surface area contributed by atoms with Gasteiger partial charge in [0, 0.05) is 13.1 Å². The minimum atomic E-state index is -1.05. The van der Waals surface area contributed by atoms with Crippen LogP contribution in [0.5, 0.6) is 5.75 Å². The highest BCUT2D eigenvalue weighted by atomic mass is 79.9. The maximum Gasteiger partial charge on any atom is 0.410 e. The average Bonchev–Trinajstić information content (AvgIpc) is 2.52. The molecular weight excluding hydrogens is 491 g/mol. The molecule has 1 aliphatic heterocycles. The number of nitro benzene ring substituents is 1. The quantitative estimate of drug-likeness (QED) is 0.316. The minimum absolute atomic E-state index is 0.0223. The molecule has 0 saturated carbocycles. The van der Waals surface area contributed by atoms with E-state index in [1.54, 1.807) is 25.7 Å². The Morgan fingerprint density at radius 2 is 2.04 bits per heavy atom. The second-order valence-corrected chi connectivity index (χ2v) is 8.63. The topological polar surface area (TPSA) is 81.9 Å². The van der Waals surface area contributed by atoms with E-state index in [9.17, 15) is 19.3 Å². The van der Waals surface area contributed by atoms with E-state index >= 15 is 0 Å². The molecular formula is C17H19Br2FN2O5. The van der Waals surface area contributed by atoms with Crippen LogP contribution in [0.15, 0.2) is 26.7 Å². The SMILES string of the molecule is CC(C)(C)OC(=O)N1CC=C(COc2c(Br)cc(Br)c([N+](=O)[O-])c2F)CC1. The van der Waals surface area contributed by atoms with Crippen LogP contribution in [0.1, 0.15) is 27.2 Å². The van der Waals surface area contributed by atoms with E-state index in [-0.39, 0.29) is 21.3 Å². The molecule has 2 rings (SSSR count). The summed E-state index contributed by atoms with van der Waals surface area (Å²) in [5.41, 5.74) is -0.377. The third kappa shape index (κ3) is 5.65. The van der Waals surface area contributed by atoms with Gasteiger partial charge in [0.1, 0.15) is 12.2 Å². The largest absolute Gasteiger partial charge is 0.485 e. The first-order chi connectivity index (χ1) is 12.5. The van der Waals surface area contributed by atoms with Crippen LogP contribution in [0.25, 0.3) is 0 Å². The normalized spacial score (nSPS) is 14.6. The van der Waals surface area contributed by atoms with Crippen molar-refractivity contribution in [3.05, 3.63) is 42.6 Å². The van der Waals surface area contributed by atoms with Crippen LogP contribution in [0, 0.1) is 15.9 Å². The first-order valence-corrected chi connectivity index (χ1v) is 9.68. The number of nitro groups is 1. The third-order valence-corrected chi connectivity index (χ3v) is 4.84. The highest BCUT2D eigenvalue weighted by molar-refractivity contribution is 9.11. The molecule has 1 aromatic rings. The number of ether oxygens (including phenoxy) is 2. The fraction of sp³-hybridized carbons (Fsp3) is 0.471. The van der Waals surface area contributed by atoms with Gasteiger partial charge in [0.05, 0.1) is 13.9 Å². The van der Waals surface area contributed by atoms with Crippen molar-refractivity contribution < 1.29 is 23.6 Å². The summed E-state index contributed by atoms with van der Waals surface area (Å²) in [6.07, 6.45) is 1.96. The molecule has 0 saturated heterocycles. The Morgan fingerprint density at radius 1 is 1.37 bits per heavy atom. The van der Waals surface area contributed by atoms with Gasteiger partial charge in [-0.25, -0.2) is 4.79 Å². The summed E-state index contributed by atoms with van der Waals surface area (Å²) in [5, 5.41) is 11.0. The van der Waals surface area contributed by atoms with Gasteiger partial charge in [0.25, 0.3) is 0 Å². The van der Waals surface area contributed by atoms with Gasteiger partial charge in [-0.05, 0) is 70.7 Å². The van der Waals surface area contributed by atoms with Gasteiger partial charge in [-0.3, -0.25) is 10.1 Å². The van der Waals surface area contributed by atoms with Gasteiger partial charge in [-0.1, -0.05) is 6.08 Å². The van der Waals surface area contributed by atoms with Crippen molar-refractivity contribution >= 4 is 43.6 Å². The zero-order valence-electron chi connectivity index (χ0n) is 15.1. The molecule has 0 spiro atoms. The average molecular weight is 510 g/mol. The first-order valence-electron chi connectivity index (χ1n) is 8.10.